The fourth-order valence-corrected chi connectivity index (χ4v) is 5.11. The highest BCUT2D eigenvalue weighted by molar-refractivity contribution is 6.01. The van der Waals surface area contributed by atoms with Gasteiger partial charge in [-0.3, -0.25) is 9.69 Å². The van der Waals surface area contributed by atoms with Crippen molar-refractivity contribution >= 4 is 23.3 Å². The van der Waals surface area contributed by atoms with Gasteiger partial charge in [0.15, 0.2) is 0 Å². The van der Waals surface area contributed by atoms with Crippen molar-refractivity contribution in [1.82, 2.24) is 9.47 Å². The number of rotatable bonds is 7. The van der Waals surface area contributed by atoms with E-state index in [1.165, 1.54) is 17.0 Å². The van der Waals surface area contributed by atoms with E-state index in [9.17, 15) is 22.8 Å². The molecule has 2 heterocycles. The number of halogens is 3. The van der Waals surface area contributed by atoms with E-state index in [-0.39, 0.29) is 18.1 Å². The van der Waals surface area contributed by atoms with Crippen molar-refractivity contribution in [3.8, 4) is 5.69 Å². The fraction of sp³-hybridized carbons (Fsp3) is 0.250. The van der Waals surface area contributed by atoms with Crippen molar-refractivity contribution < 1.29 is 22.8 Å². The molecule has 4 aromatic rings. The topological polar surface area (TPSA) is 57.6 Å². The van der Waals surface area contributed by atoms with Crippen molar-refractivity contribution in [2.45, 2.75) is 38.9 Å². The number of nitrogens with zero attached hydrogens (tertiary/aromatic N) is 3. The lowest BCUT2D eigenvalue weighted by molar-refractivity contribution is -0.137. The van der Waals surface area contributed by atoms with E-state index in [0.717, 1.165) is 46.7 Å². The summed E-state index contributed by atoms with van der Waals surface area (Å²) in [7, 11) is 0. The summed E-state index contributed by atoms with van der Waals surface area (Å²) in [6.45, 7) is 4.10. The SMILES string of the molecule is CCCCN(CC(=O)N1c2ccccc2-n2cccc2C1c1ccc(C)cc1)C(=O)Nc1ccc(C(F)(F)F)cc1. The van der Waals surface area contributed by atoms with Gasteiger partial charge in [0.05, 0.1) is 22.6 Å². The Labute approximate surface area is 237 Å². The van der Waals surface area contributed by atoms with Gasteiger partial charge < -0.3 is 14.8 Å². The molecule has 0 bridgehead atoms. The van der Waals surface area contributed by atoms with E-state index < -0.39 is 23.8 Å². The minimum Gasteiger partial charge on any atom is -0.316 e. The molecule has 3 aromatic carbocycles. The average Bonchev–Trinajstić information content (AvgIpc) is 3.45. The predicted octanol–water partition coefficient (Wildman–Crippen LogP) is 7.57. The number of aryl methyl sites for hydroxylation is 1. The second kappa shape index (κ2) is 11.5. The molecule has 1 N–H and O–H groups in total. The van der Waals surface area contributed by atoms with Gasteiger partial charge in [-0.1, -0.05) is 55.3 Å². The third-order valence-corrected chi connectivity index (χ3v) is 7.24. The van der Waals surface area contributed by atoms with Crippen molar-refractivity contribution in [2.24, 2.45) is 0 Å². The average molecular weight is 561 g/mol. The minimum atomic E-state index is -4.47. The van der Waals surface area contributed by atoms with Crippen molar-refractivity contribution in [3.05, 3.63) is 114 Å². The number of nitrogens with one attached hydrogen (secondary N) is 1. The molecular formula is C32H31F3N4O2. The first-order valence-electron chi connectivity index (χ1n) is 13.6. The standard InChI is InChI=1S/C32H31F3N4O2/c1-3-4-19-37(31(41)36-25-17-15-24(16-18-25)32(33,34)35)21-29(40)39-27-9-6-5-8-26(27)38-20-7-10-28(38)30(39)23-13-11-22(2)12-14-23/h5-18,20,30H,3-4,19,21H2,1-2H3,(H,36,41). The van der Waals surface area contributed by atoms with Gasteiger partial charge in [-0.2, -0.15) is 13.2 Å². The van der Waals surface area contributed by atoms with E-state index in [1.54, 1.807) is 4.90 Å². The molecule has 1 unspecified atom stereocenters. The zero-order chi connectivity index (χ0) is 29.1. The number of carbonyl (C=O) groups excluding carboxylic acids is 2. The maximum Gasteiger partial charge on any atom is 0.416 e. The Morgan fingerprint density at radius 3 is 2.24 bits per heavy atom. The maximum atomic E-state index is 14.2. The highest BCUT2D eigenvalue weighted by atomic mass is 19.4. The van der Waals surface area contributed by atoms with Crippen LogP contribution in [0, 0.1) is 6.92 Å². The van der Waals surface area contributed by atoms with Crippen LogP contribution < -0.4 is 10.2 Å². The van der Waals surface area contributed by atoms with Gasteiger partial charge in [0.1, 0.15) is 12.6 Å². The van der Waals surface area contributed by atoms with Crippen LogP contribution in [0.1, 0.15) is 48.2 Å². The van der Waals surface area contributed by atoms with Gasteiger partial charge in [0.2, 0.25) is 5.91 Å². The maximum absolute atomic E-state index is 14.2. The zero-order valence-corrected chi connectivity index (χ0v) is 22.9. The summed E-state index contributed by atoms with van der Waals surface area (Å²) in [6.07, 6.45) is -1.04. The van der Waals surface area contributed by atoms with Crippen LogP contribution in [0.15, 0.2) is 91.1 Å². The van der Waals surface area contributed by atoms with Crippen LogP contribution in [0.5, 0.6) is 0 Å². The molecule has 1 aromatic heterocycles. The molecule has 0 radical (unpaired) electrons. The summed E-state index contributed by atoms with van der Waals surface area (Å²) in [5, 5.41) is 2.66. The smallest absolute Gasteiger partial charge is 0.316 e. The van der Waals surface area contributed by atoms with Crippen LogP contribution in [0.25, 0.3) is 5.69 Å². The van der Waals surface area contributed by atoms with E-state index >= 15 is 0 Å². The van der Waals surface area contributed by atoms with Gasteiger partial charge in [-0.25, -0.2) is 4.79 Å². The molecule has 0 aliphatic carbocycles. The quantitative estimate of drug-likeness (QED) is 0.253. The van der Waals surface area contributed by atoms with Crippen LogP contribution >= 0.6 is 0 Å². The molecule has 6 nitrogen and oxygen atoms in total. The third-order valence-electron chi connectivity index (χ3n) is 7.24. The summed E-state index contributed by atoms with van der Waals surface area (Å²) >= 11 is 0. The number of amides is 3. The number of carbonyl (C=O) groups is 2. The Hall–Kier alpha value is -4.53. The van der Waals surface area contributed by atoms with Gasteiger partial charge in [-0.05, 0) is 67.4 Å². The van der Waals surface area contributed by atoms with Crippen LogP contribution in [-0.4, -0.2) is 34.5 Å². The van der Waals surface area contributed by atoms with Crippen LogP contribution in [0.4, 0.5) is 29.3 Å². The molecule has 1 aliphatic heterocycles. The van der Waals surface area contributed by atoms with Crippen LogP contribution in [0.2, 0.25) is 0 Å². The first-order chi connectivity index (χ1) is 19.7. The van der Waals surface area contributed by atoms with Gasteiger partial charge in [-0.15, -0.1) is 0 Å². The molecule has 1 aliphatic rings. The zero-order valence-electron chi connectivity index (χ0n) is 22.9. The molecule has 0 spiro atoms. The lowest BCUT2D eigenvalue weighted by Crippen LogP contribution is -2.48. The van der Waals surface area contributed by atoms with E-state index in [1.807, 2.05) is 80.7 Å². The fourth-order valence-electron chi connectivity index (χ4n) is 5.11. The number of para-hydroxylation sites is 2. The highest BCUT2D eigenvalue weighted by Gasteiger charge is 2.37. The second-order valence-electron chi connectivity index (χ2n) is 10.1. The van der Waals surface area contributed by atoms with Crippen molar-refractivity contribution in [2.75, 3.05) is 23.3 Å². The number of hydrogen-bond acceptors (Lipinski definition) is 2. The number of anilines is 2. The van der Waals surface area contributed by atoms with Crippen molar-refractivity contribution in [1.29, 1.82) is 0 Å². The Bertz CT molecular complexity index is 1530. The number of urea groups is 1. The molecule has 41 heavy (non-hydrogen) atoms. The van der Waals surface area contributed by atoms with Gasteiger partial charge in [0, 0.05) is 18.4 Å². The molecule has 0 saturated heterocycles. The van der Waals surface area contributed by atoms with Gasteiger partial charge >= 0.3 is 12.2 Å². The summed E-state index contributed by atoms with van der Waals surface area (Å²) < 4.78 is 41.0. The Balaban J connectivity index is 1.46. The van der Waals surface area contributed by atoms with Crippen LogP contribution in [0.3, 0.4) is 0 Å². The van der Waals surface area contributed by atoms with E-state index in [0.29, 0.717) is 13.0 Å². The van der Waals surface area contributed by atoms with Crippen LogP contribution in [-0.2, 0) is 11.0 Å². The molecule has 0 saturated carbocycles. The Morgan fingerprint density at radius 2 is 1.59 bits per heavy atom. The lowest BCUT2D eigenvalue weighted by atomic mass is 9.97. The highest BCUT2D eigenvalue weighted by Crippen LogP contribution is 2.42. The number of hydrogen-bond donors (Lipinski definition) is 1. The first-order valence-corrected chi connectivity index (χ1v) is 13.6. The first kappa shape index (κ1) is 28.0. The summed E-state index contributed by atoms with van der Waals surface area (Å²) in [4.78, 5) is 30.7. The summed E-state index contributed by atoms with van der Waals surface area (Å²) in [6, 6.07) is 22.9. The lowest BCUT2D eigenvalue weighted by Gasteiger charge is -2.39. The summed E-state index contributed by atoms with van der Waals surface area (Å²) in [5.41, 5.74) is 3.97. The number of benzene rings is 3. The minimum absolute atomic E-state index is 0.204. The molecule has 3 amide bonds. The number of aromatic nitrogens is 1. The molecule has 9 heteroatoms. The second-order valence-corrected chi connectivity index (χ2v) is 10.1. The van der Waals surface area contributed by atoms with Crippen molar-refractivity contribution in [3.63, 3.8) is 0 Å². The largest absolute Gasteiger partial charge is 0.416 e. The van der Waals surface area contributed by atoms with Gasteiger partial charge in [0.25, 0.3) is 0 Å². The monoisotopic (exact) mass is 560 g/mol. The molecule has 5 rings (SSSR count). The number of alkyl halides is 3. The van der Waals surface area contributed by atoms with E-state index in [2.05, 4.69) is 9.88 Å². The Kier molecular flexibility index (Phi) is 7.88. The number of fused-ring (bicyclic) bond motifs is 3. The molecule has 212 valence electrons. The molecule has 1 atom stereocenters. The normalized spacial score (nSPS) is 14.3. The predicted molar refractivity (Wildman–Crippen MR) is 153 cm³/mol. The third kappa shape index (κ3) is 5.84. The Morgan fingerprint density at radius 1 is 0.902 bits per heavy atom. The number of unbranched alkanes of at least 4 members (excludes halogenated alkanes) is 1. The summed E-state index contributed by atoms with van der Waals surface area (Å²) in [5.74, 6) is -0.269. The molecule has 0 fully saturated rings. The van der Waals surface area contributed by atoms with E-state index in [4.69, 9.17) is 0 Å². The molecular weight excluding hydrogens is 529 g/mol.